The summed E-state index contributed by atoms with van der Waals surface area (Å²) in [6, 6.07) is 1.79. The van der Waals surface area contributed by atoms with Crippen LogP contribution in [0.2, 0.25) is 0 Å². The van der Waals surface area contributed by atoms with Crippen LogP contribution in [0.25, 0.3) is 5.78 Å². The summed E-state index contributed by atoms with van der Waals surface area (Å²) >= 11 is 0. The van der Waals surface area contributed by atoms with Gasteiger partial charge in [-0.05, 0) is 44.4 Å². The molecule has 1 aliphatic carbocycles. The van der Waals surface area contributed by atoms with Gasteiger partial charge in [0.05, 0.1) is 0 Å². The molecule has 124 valence electrons. The largest absolute Gasteiger partial charge is 0.453 e. The molecule has 4 rings (SSSR count). The maximum atomic E-state index is 12.9. The van der Waals surface area contributed by atoms with E-state index < -0.39 is 12.0 Å². The Kier molecular flexibility index (Phi) is 3.24. The molecule has 1 saturated heterocycles. The zero-order chi connectivity index (χ0) is 16.2. The van der Waals surface area contributed by atoms with E-state index >= 15 is 0 Å². The molecular weight excluding hydrogens is 307 g/mol. The van der Waals surface area contributed by atoms with E-state index in [1.165, 1.54) is 17.4 Å². The molecule has 2 aromatic heterocycles. The lowest BCUT2D eigenvalue weighted by Gasteiger charge is -2.33. The number of halogens is 3. The standard InChI is InChI=1S/C15H18F3N5/c1-9-8-12(22-6-4-11(5-7-22)10-2-3-10)23-14(19-9)20-13(21-23)15(16,17)18/h8,10-11H,2-7H2,1H3. The summed E-state index contributed by atoms with van der Waals surface area (Å²) in [5.74, 6) is 1.18. The Labute approximate surface area is 131 Å². The monoisotopic (exact) mass is 325 g/mol. The van der Waals surface area contributed by atoms with E-state index in [0.717, 1.165) is 37.8 Å². The van der Waals surface area contributed by atoms with Gasteiger partial charge in [0.15, 0.2) is 0 Å². The molecule has 2 aliphatic rings. The van der Waals surface area contributed by atoms with Gasteiger partial charge in [0.2, 0.25) is 0 Å². The van der Waals surface area contributed by atoms with Crippen molar-refractivity contribution in [2.24, 2.45) is 11.8 Å². The molecule has 0 bridgehead atoms. The number of hydrogen-bond acceptors (Lipinski definition) is 4. The van der Waals surface area contributed by atoms with Gasteiger partial charge in [0, 0.05) is 24.8 Å². The Morgan fingerprint density at radius 1 is 1.04 bits per heavy atom. The summed E-state index contributed by atoms with van der Waals surface area (Å²) < 4.78 is 39.8. The Balaban J connectivity index is 1.67. The average Bonchev–Trinajstić information content (AvgIpc) is 3.25. The molecule has 1 aliphatic heterocycles. The molecule has 0 aromatic carbocycles. The molecule has 8 heteroatoms. The van der Waals surface area contributed by atoms with Crippen molar-refractivity contribution in [1.29, 1.82) is 0 Å². The smallest absolute Gasteiger partial charge is 0.356 e. The predicted molar refractivity (Wildman–Crippen MR) is 78.2 cm³/mol. The fraction of sp³-hybridized carbons (Fsp3) is 0.667. The van der Waals surface area contributed by atoms with Gasteiger partial charge in [-0.1, -0.05) is 0 Å². The van der Waals surface area contributed by atoms with Crippen molar-refractivity contribution in [2.75, 3.05) is 18.0 Å². The van der Waals surface area contributed by atoms with Crippen LogP contribution in [0.1, 0.15) is 37.2 Å². The number of rotatable bonds is 2. The second kappa shape index (κ2) is 5.07. The highest BCUT2D eigenvalue weighted by molar-refractivity contribution is 5.48. The van der Waals surface area contributed by atoms with E-state index in [1.54, 1.807) is 13.0 Å². The maximum absolute atomic E-state index is 12.9. The molecule has 1 saturated carbocycles. The van der Waals surface area contributed by atoms with E-state index in [4.69, 9.17) is 0 Å². The molecule has 0 spiro atoms. The molecule has 0 unspecified atom stereocenters. The van der Waals surface area contributed by atoms with Gasteiger partial charge in [0.1, 0.15) is 5.82 Å². The third kappa shape index (κ3) is 2.74. The van der Waals surface area contributed by atoms with Crippen LogP contribution in [-0.2, 0) is 6.18 Å². The van der Waals surface area contributed by atoms with Gasteiger partial charge in [-0.15, -0.1) is 5.10 Å². The lowest BCUT2D eigenvalue weighted by atomic mass is 9.92. The number of alkyl halides is 3. The molecular formula is C15H18F3N5. The second-order valence-corrected chi connectivity index (χ2v) is 6.56. The highest BCUT2D eigenvalue weighted by Gasteiger charge is 2.38. The normalized spacial score (nSPS) is 20.4. The first-order valence-corrected chi connectivity index (χ1v) is 7.98. The van der Waals surface area contributed by atoms with Crippen LogP contribution in [-0.4, -0.2) is 32.7 Å². The van der Waals surface area contributed by atoms with Gasteiger partial charge in [-0.25, -0.2) is 4.98 Å². The van der Waals surface area contributed by atoms with Crippen molar-refractivity contribution in [1.82, 2.24) is 19.6 Å². The number of aryl methyl sites for hydroxylation is 1. The molecule has 2 fully saturated rings. The highest BCUT2D eigenvalue weighted by Crippen LogP contribution is 2.42. The summed E-state index contributed by atoms with van der Waals surface area (Å²) in [4.78, 5) is 9.73. The third-order valence-corrected chi connectivity index (χ3v) is 4.83. The molecule has 3 heterocycles. The molecule has 5 nitrogen and oxygen atoms in total. The molecule has 2 aromatic rings. The maximum Gasteiger partial charge on any atom is 0.453 e. The van der Waals surface area contributed by atoms with Crippen molar-refractivity contribution in [3.05, 3.63) is 17.6 Å². The topological polar surface area (TPSA) is 46.3 Å². The summed E-state index contributed by atoms with van der Waals surface area (Å²) in [6.45, 7) is 3.46. The van der Waals surface area contributed by atoms with Crippen LogP contribution in [0.3, 0.4) is 0 Å². The summed E-state index contributed by atoms with van der Waals surface area (Å²) in [7, 11) is 0. The first kappa shape index (κ1) is 14.7. The number of nitrogens with zero attached hydrogens (tertiary/aromatic N) is 5. The first-order chi connectivity index (χ1) is 10.9. The van der Waals surface area contributed by atoms with Crippen molar-refractivity contribution in [2.45, 2.75) is 38.8 Å². The van der Waals surface area contributed by atoms with E-state index in [0.29, 0.717) is 11.5 Å². The Morgan fingerprint density at radius 2 is 1.70 bits per heavy atom. The quantitative estimate of drug-likeness (QED) is 0.851. The molecule has 0 N–H and O–H groups in total. The van der Waals surface area contributed by atoms with Crippen LogP contribution >= 0.6 is 0 Å². The fourth-order valence-corrected chi connectivity index (χ4v) is 3.48. The van der Waals surface area contributed by atoms with Crippen molar-refractivity contribution >= 4 is 11.6 Å². The van der Waals surface area contributed by atoms with Gasteiger partial charge in [0.25, 0.3) is 11.6 Å². The SMILES string of the molecule is Cc1cc(N2CCC(C3CC3)CC2)n2nc(C(F)(F)F)nc2n1. The van der Waals surface area contributed by atoms with Crippen LogP contribution in [0.5, 0.6) is 0 Å². The number of fused-ring (bicyclic) bond motifs is 1. The minimum absolute atomic E-state index is 0.0108. The Morgan fingerprint density at radius 3 is 2.30 bits per heavy atom. The highest BCUT2D eigenvalue weighted by atomic mass is 19.4. The van der Waals surface area contributed by atoms with Gasteiger partial charge in [-0.2, -0.15) is 22.7 Å². The Hall–Kier alpha value is -1.86. The average molecular weight is 325 g/mol. The van der Waals surface area contributed by atoms with Crippen LogP contribution in [0.4, 0.5) is 19.0 Å². The lowest BCUT2D eigenvalue weighted by molar-refractivity contribution is -0.144. The number of aromatic nitrogens is 4. The van der Waals surface area contributed by atoms with E-state index in [-0.39, 0.29) is 5.78 Å². The number of hydrogen-bond donors (Lipinski definition) is 0. The predicted octanol–water partition coefficient (Wildman–Crippen LogP) is 3.08. The van der Waals surface area contributed by atoms with E-state index in [9.17, 15) is 13.2 Å². The minimum atomic E-state index is -4.56. The first-order valence-electron chi connectivity index (χ1n) is 7.98. The molecule has 0 radical (unpaired) electrons. The van der Waals surface area contributed by atoms with E-state index in [2.05, 4.69) is 20.0 Å². The Bertz CT molecular complexity index is 727. The van der Waals surface area contributed by atoms with Crippen molar-refractivity contribution in [3.63, 3.8) is 0 Å². The molecule has 0 amide bonds. The van der Waals surface area contributed by atoms with Crippen molar-refractivity contribution in [3.8, 4) is 0 Å². The zero-order valence-corrected chi connectivity index (χ0v) is 12.8. The van der Waals surface area contributed by atoms with Gasteiger partial charge in [-0.3, -0.25) is 0 Å². The van der Waals surface area contributed by atoms with Crippen molar-refractivity contribution < 1.29 is 13.2 Å². The zero-order valence-electron chi connectivity index (χ0n) is 12.8. The number of piperidine rings is 1. The third-order valence-electron chi connectivity index (χ3n) is 4.83. The fourth-order valence-electron chi connectivity index (χ4n) is 3.48. The van der Waals surface area contributed by atoms with E-state index in [1.807, 2.05) is 0 Å². The lowest BCUT2D eigenvalue weighted by Crippen LogP contribution is -2.35. The minimum Gasteiger partial charge on any atom is -0.356 e. The summed E-state index contributed by atoms with van der Waals surface area (Å²) in [6.07, 6.45) is 0.295. The summed E-state index contributed by atoms with van der Waals surface area (Å²) in [5.41, 5.74) is 0.651. The second-order valence-electron chi connectivity index (χ2n) is 6.56. The van der Waals surface area contributed by atoms with Crippen LogP contribution in [0.15, 0.2) is 6.07 Å². The van der Waals surface area contributed by atoms with Gasteiger partial charge < -0.3 is 4.90 Å². The van der Waals surface area contributed by atoms with Crippen LogP contribution < -0.4 is 4.90 Å². The van der Waals surface area contributed by atoms with Crippen LogP contribution in [0, 0.1) is 18.8 Å². The summed E-state index contributed by atoms with van der Waals surface area (Å²) in [5, 5.41) is 3.64. The number of anilines is 1. The molecule has 0 atom stereocenters. The molecule has 23 heavy (non-hydrogen) atoms. The van der Waals surface area contributed by atoms with Gasteiger partial charge >= 0.3 is 6.18 Å².